The molecule has 1 N–H and O–H groups in total. The molecule has 1 spiro atoms. The summed E-state index contributed by atoms with van der Waals surface area (Å²) in [4.78, 5) is 41.8. The van der Waals surface area contributed by atoms with Crippen molar-refractivity contribution in [3.05, 3.63) is 89.5 Å². The Bertz CT molecular complexity index is 1270. The van der Waals surface area contributed by atoms with Crippen LogP contribution in [0.1, 0.15) is 16.7 Å². The number of carbonyl (C=O) groups is 3. The molecule has 0 aliphatic carbocycles. The van der Waals surface area contributed by atoms with Gasteiger partial charge in [0.25, 0.3) is 5.91 Å². The Kier molecular flexibility index (Phi) is 5.21. The van der Waals surface area contributed by atoms with Gasteiger partial charge < -0.3 is 5.32 Å². The number of aryl methyl sites for hydroxylation is 2. The Hall–Kier alpha value is -3.58. The van der Waals surface area contributed by atoms with Gasteiger partial charge in [0.1, 0.15) is 6.54 Å². The largest absolute Gasteiger partial charge is 0.324 e. The van der Waals surface area contributed by atoms with E-state index in [9.17, 15) is 14.4 Å². The van der Waals surface area contributed by atoms with Gasteiger partial charge in [-0.3, -0.25) is 24.2 Å². The van der Waals surface area contributed by atoms with Gasteiger partial charge in [-0.15, -0.1) is 11.8 Å². The molecule has 6 nitrogen and oxygen atoms in total. The minimum Gasteiger partial charge on any atom is -0.324 e. The number of carbonyl (C=O) groups excluding carboxylic acids is 3. The Balaban J connectivity index is 1.52. The molecular weight excluding hydrogens is 434 g/mol. The van der Waals surface area contributed by atoms with E-state index in [4.69, 9.17) is 0 Å². The fraction of sp³-hybridized carbons (Fsp3) is 0.192. The molecule has 2 aliphatic rings. The third-order valence-corrected chi connectivity index (χ3v) is 7.46. The van der Waals surface area contributed by atoms with Crippen molar-refractivity contribution >= 4 is 46.5 Å². The SMILES string of the molecule is Cc1ccc(N2C(=O)CS[C@@]23C(=O)N(CC(=O)Nc2ccccc2C)c2ccccc23)cc1. The van der Waals surface area contributed by atoms with Crippen molar-refractivity contribution in [1.29, 1.82) is 0 Å². The summed E-state index contributed by atoms with van der Waals surface area (Å²) in [6.45, 7) is 3.76. The number of nitrogens with one attached hydrogen (secondary N) is 1. The van der Waals surface area contributed by atoms with Gasteiger partial charge in [-0.2, -0.15) is 0 Å². The Labute approximate surface area is 196 Å². The van der Waals surface area contributed by atoms with E-state index in [1.807, 2.05) is 86.6 Å². The summed E-state index contributed by atoms with van der Waals surface area (Å²) in [5.41, 5.74) is 4.78. The molecule has 1 fully saturated rings. The number of hydrogen-bond acceptors (Lipinski definition) is 4. The normalized spacial score (nSPS) is 19.3. The van der Waals surface area contributed by atoms with Crippen molar-refractivity contribution in [2.45, 2.75) is 18.7 Å². The second-order valence-corrected chi connectivity index (χ2v) is 9.44. The molecule has 166 valence electrons. The van der Waals surface area contributed by atoms with Gasteiger partial charge in [0.15, 0.2) is 0 Å². The minimum atomic E-state index is -1.22. The molecule has 0 saturated carbocycles. The summed E-state index contributed by atoms with van der Waals surface area (Å²) in [6.07, 6.45) is 0. The molecule has 0 radical (unpaired) electrons. The van der Waals surface area contributed by atoms with Crippen LogP contribution >= 0.6 is 11.8 Å². The lowest BCUT2D eigenvalue weighted by atomic mass is 10.0. The van der Waals surface area contributed by atoms with Crippen molar-refractivity contribution in [3.63, 3.8) is 0 Å². The molecule has 1 atom stereocenters. The summed E-state index contributed by atoms with van der Waals surface area (Å²) in [6, 6.07) is 22.5. The molecule has 33 heavy (non-hydrogen) atoms. The predicted molar refractivity (Wildman–Crippen MR) is 131 cm³/mol. The van der Waals surface area contributed by atoms with Gasteiger partial charge in [-0.25, -0.2) is 0 Å². The van der Waals surface area contributed by atoms with Crippen LogP contribution in [0.25, 0.3) is 0 Å². The first kappa shape index (κ1) is 21.3. The van der Waals surface area contributed by atoms with Crippen LogP contribution in [0.2, 0.25) is 0 Å². The molecular formula is C26H23N3O3S. The minimum absolute atomic E-state index is 0.127. The van der Waals surface area contributed by atoms with Crippen LogP contribution < -0.4 is 15.1 Å². The molecule has 7 heteroatoms. The van der Waals surface area contributed by atoms with E-state index in [0.717, 1.165) is 16.7 Å². The number of nitrogens with zero attached hydrogens (tertiary/aromatic N) is 2. The first-order valence-corrected chi connectivity index (χ1v) is 11.7. The van der Waals surface area contributed by atoms with Gasteiger partial charge >= 0.3 is 0 Å². The van der Waals surface area contributed by atoms with Crippen molar-refractivity contribution in [2.24, 2.45) is 0 Å². The van der Waals surface area contributed by atoms with Crippen molar-refractivity contribution < 1.29 is 14.4 Å². The van der Waals surface area contributed by atoms with E-state index in [-0.39, 0.29) is 30.0 Å². The number of para-hydroxylation sites is 2. The predicted octanol–water partition coefficient (Wildman–Crippen LogP) is 4.22. The van der Waals surface area contributed by atoms with E-state index in [1.54, 1.807) is 4.90 Å². The van der Waals surface area contributed by atoms with Crippen LogP contribution in [0, 0.1) is 13.8 Å². The highest BCUT2D eigenvalue weighted by Gasteiger charge is 2.61. The highest BCUT2D eigenvalue weighted by atomic mass is 32.2. The number of benzene rings is 3. The lowest BCUT2D eigenvalue weighted by Crippen LogP contribution is -2.50. The zero-order chi connectivity index (χ0) is 23.2. The van der Waals surface area contributed by atoms with E-state index in [0.29, 0.717) is 17.1 Å². The van der Waals surface area contributed by atoms with Gasteiger partial charge in [0.05, 0.1) is 11.4 Å². The zero-order valence-corrected chi connectivity index (χ0v) is 19.2. The van der Waals surface area contributed by atoms with E-state index >= 15 is 0 Å². The van der Waals surface area contributed by atoms with Crippen LogP contribution in [0.3, 0.4) is 0 Å². The van der Waals surface area contributed by atoms with Crippen LogP contribution in [0.4, 0.5) is 17.1 Å². The van der Waals surface area contributed by atoms with E-state index < -0.39 is 4.87 Å². The Morgan fingerprint density at radius 2 is 1.67 bits per heavy atom. The molecule has 0 bridgehead atoms. The number of rotatable bonds is 4. The molecule has 1 saturated heterocycles. The number of thioether (sulfide) groups is 1. The monoisotopic (exact) mass is 457 g/mol. The molecule has 2 aliphatic heterocycles. The van der Waals surface area contributed by atoms with E-state index in [2.05, 4.69) is 5.32 Å². The molecule has 0 aromatic heterocycles. The number of hydrogen-bond donors (Lipinski definition) is 1. The molecule has 3 aromatic carbocycles. The first-order chi connectivity index (χ1) is 15.9. The average molecular weight is 458 g/mol. The maximum atomic E-state index is 14.0. The summed E-state index contributed by atoms with van der Waals surface area (Å²) >= 11 is 1.31. The summed E-state index contributed by atoms with van der Waals surface area (Å²) in [7, 11) is 0. The summed E-state index contributed by atoms with van der Waals surface area (Å²) in [5.74, 6) is -0.504. The third-order valence-electron chi connectivity index (χ3n) is 6.08. The van der Waals surface area contributed by atoms with Crippen LogP contribution in [-0.2, 0) is 19.3 Å². The molecule has 5 rings (SSSR count). The highest BCUT2D eigenvalue weighted by molar-refractivity contribution is 8.02. The number of amides is 3. The maximum Gasteiger partial charge on any atom is 0.269 e. The van der Waals surface area contributed by atoms with E-state index in [1.165, 1.54) is 16.7 Å². The topological polar surface area (TPSA) is 69.7 Å². The molecule has 2 heterocycles. The molecule has 3 aromatic rings. The number of fused-ring (bicyclic) bond motifs is 2. The Morgan fingerprint density at radius 1 is 0.970 bits per heavy atom. The summed E-state index contributed by atoms with van der Waals surface area (Å²) in [5, 5.41) is 2.91. The number of anilines is 3. The zero-order valence-electron chi connectivity index (χ0n) is 18.4. The summed E-state index contributed by atoms with van der Waals surface area (Å²) < 4.78 is 0. The lowest BCUT2D eigenvalue weighted by Gasteiger charge is -2.33. The highest BCUT2D eigenvalue weighted by Crippen LogP contribution is 2.55. The van der Waals surface area contributed by atoms with Crippen LogP contribution in [0.15, 0.2) is 72.8 Å². The van der Waals surface area contributed by atoms with Crippen LogP contribution in [-0.4, -0.2) is 30.0 Å². The van der Waals surface area contributed by atoms with Gasteiger partial charge in [0, 0.05) is 16.9 Å². The van der Waals surface area contributed by atoms with Crippen molar-refractivity contribution in [2.75, 3.05) is 27.4 Å². The van der Waals surface area contributed by atoms with Crippen molar-refractivity contribution in [3.8, 4) is 0 Å². The average Bonchev–Trinajstić information content (AvgIpc) is 3.27. The second-order valence-electron chi connectivity index (χ2n) is 8.27. The lowest BCUT2D eigenvalue weighted by molar-refractivity contribution is -0.124. The molecule has 3 amide bonds. The fourth-order valence-corrected chi connectivity index (χ4v) is 5.81. The van der Waals surface area contributed by atoms with Gasteiger partial charge in [-0.05, 0) is 43.7 Å². The van der Waals surface area contributed by atoms with Gasteiger partial charge in [0.2, 0.25) is 16.7 Å². The van der Waals surface area contributed by atoms with Gasteiger partial charge in [-0.1, -0.05) is 54.1 Å². The quantitative estimate of drug-likeness (QED) is 0.637. The van der Waals surface area contributed by atoms with Crippen LogP contribution in [0.5, 0.6) is 0 Å². The smallest absolute Gasteiger partial charge is 0.269 e. The first-order valence-electron chi connectivity index (χ1n) is 10.7. The second kappa shape index (κ2) is 8.08. The maximum absolute atomic E-state index is 14.0. The fourth-order valence-electron chi connectivity index (χ4n) is 4.45. The third kappa shape index (κ3) is 3.40. The molecule has 0 unspecified atom stereocenters. The Morgan fingerprint density at radius 3 is 2.42 bits per heavy atom. The standard InChI is InChI=1S/C26H23N3O3S/c1-17-11-13-19(14-12-17)29-24(31)16-33-26(29)20-8-4-6-10-22(20)28(25(26)32)15-23(30)27-21-9-5-3-7-18(21)2/h3-14H,15-16H2,1-2H3,(H,27,30)/t26-/m0/s1. The van der Waals surface area contributed by atoms with Crippen molar-refractivity contribution in [1.82, 2.24) is 0 Å².